The van der Waals surface area contributed by atoms with Crippen LogP contribution >= 0.6 is 23.2 Å². The molecule has 0 aliphatic carbocycles. The van der Waals surface area contributed by atoms with E-state index in [1.54, 1.807) is 12.1 Å². The largest absolute Gasteiger partial charge is 0.337 e. The van der Waals surface area contributed by atoms with Crippen LogP contribution in [0.25, 0.3) is 11.0 Å². The number of fused-ring (bicyclic) bond motifs is 6. The van der Waals surface area contributed by atoms with Crippen molar-refractivity contribution in [3.63, 3.8) is 0 Å². The quantitative estimate of drug-likeness (QED) is 0.668. The van der Waals surface area contributed by atoms with Gasteiger partial charge in [-0.05, 0) is 24.3 Å². The van der Waals surface area contributed by atoms with Crippen molar-refractivity contribution in [2.24, 2.45) is 0 Å². The second-order valence-corrected chi connectivity index (χ2v) is 6.65. The van der Waals surface area contributed by atoms with Crippen molar-refractivity contribution >= 4 is 34.2 Å². The maximum absolute atomic E-state index is 6.21. The third-order valence-electron chi connectivity index (χ3n) is 4.44. The number of hydrogen-bond donors (Lipinski definition) is 0. The fourth-order valence-corrected chi connectivity index (χ4v) is 3.71. The summed E-state index contributed by atoms with van der Waals surface area (Å²) in [4.78, 5) is 4.77. The van der Waals surface area contributed by atoms with E-state index in [2.05, 4.69) is 10.6 Å². The Hall–Kier alpha value is -1.59. The monoisotopic (exact) mass is 346 g/mol. The molecule has 2 aliphatic rings. The van der Waals surface area contributed by atoms with Crippen molar-refractivity contribution in [2.45, 2.75) is 18.4 Å². The van der Waals surface area contributed by atoms with E-state index in [4.69, 9.17) is 37.7 Å². The lowest BCUT2D eigenvalue weighted by Crippen LogP contribution is -2.38. The van der Waals surface area contributed by atoms with Crippen LogP contribution in [0.5, 0.6) is 0 Å². The topological polar surface area (TPSA) is 36.3 Å². The minimum Gasteiger partial charge on any atom is -0.337 e. The molecule has 0 radical (unpaired) electrons. The minimum absolute atomic E-state index is 0.00504. The molecule has 0 spiro atoms. The lowest BCUT2D eigenvalue weighted by atomic mass is 10.0. The van der Waals surface area contributed by atoms with Crippen LogP contribution in [0.4, 0.5) is 0 Å². The number of benzene rings is 2. The maximum Gasteiger partial charge on any atom is 0.256 e. The SMILES string of the molecule is Clc1ccc(C23OCC(Cn4c2nc2ccccc24)O3)cc1Cl. The average Bonchev–Trinajstić information content (AvgIpc) is 3.12. The molecule has 0 N–H and O–H groups in total. The number of ether oxygens (including phenoxy) is 2. The van der Waals surface area contributed by atoms with Crippen molar-refractivity contribution < 1.29 is 9.47 Å². The Balaban J connectivity index is 1.79. The molecule has 5 rings (SSSR count). The Morgan fingerprint density at radius 2 is 2.00 bits per heavy atom. The number of nitrogens with zero attached hydrogens (tertiary/aromatic N) is 2. The normalized spacial score (nSPS) is 25.7. The van der Waals surface area contributed by atoms with Gasteiger partial charge in [0.2, 0.25) is 0 Å². The van der Waals surface area contributed by atoms with Gasteiger partial charge in [-0.1, -0.05) is 41.4 Å². The maximum atomic E-state index is 6.21. The summed E-state index contributed by atoms with van der Waals surface area (Å²) in [6, 6.07) is 13.5. The van der Waals surface area contributed by atoms with E-state index in [0.717, 1.165) is 29.0 Å². The molecule has 2 aromatic carbocycles. The highest BCUT2D eigenvalue weighted by Gasteiger charge is 2.52. The molecule has 6 heteroatoms. The van der Waals surface area contributed by atoms with Crippen molar-refractivity contribution in [1.82, 2.24) is 9.55 Å². The molecule has 1 saturated heterocycles. The number of imidazole rings is 1. The van der Waals surface area contributed by atoms with Gasteiger partial charge in [-0.25, -0.2) is 4.98 Å². The highest BCUT2D eigenvalue weighted by molar-refractivity contribution is 6.42. The first-order valence-electron chi connectivity index (χ1n) is 7.40. The van der Waals surface area contributed by atoms with Crippen LogP contribution in [0.3, 0.4) is 0 Å². The predicted molar refractivity (Wildman–Crippen MR) is 87.8 cm³/mol. The van der Waals surface area contributed by atoms with Gasteiger partial charge in [0.05, 0.1) is 34.2 Å². The van der Waals surface area contributed by atoms with Gasteiger partial charge in [-0.15, -0.1) is 0 Å². The molecule has 3 aromatic rings. The third kappa shape index (κ3) is 1.83. The molecule has 116 valence electrons. The summed E-state index contributed by atoms with van der Waals surface area (Å²) in [6.45, 7) is 1.26. The molecule has 2 unspecified atom stereocenters. The van der Waals surface area contributed by atoms with Crippen molar-refractivity contribution in [2.75, 3.05) is 6.61 Å². The van der Waals surface area contributed by atoms with E-state index in [1.807, 2.05) is 24.3 Å². The number of aromatic nitrogens is 2. The van der Waals surface area contributed by atoms with Crippen LogP contribution in [0, 0.1) is 0 Å². The van der Waals surface area contributed by atoms with Gasteiger partial charge in [0, 0.05) is 5.56 Å². The van der Waals surface area contributed by atoms with Crippen LogP contribution in [0.1, 0.15) is 11.4 Å². The van der Waals surface area contributed by atoms with Crippen molar-refractivity contribution in [1.29, 1.82) is 0 Å². The fraction of sp³-hybridized carbons (Fsp3) is 0.235. The summed E-state index contributed by atoms with van der Waals surface area (Å²) >= 11 is 12.2. The number of rotatable bonds is 1. The second kappa shape index (κ2) is 4.71. The highest BCUT2D eigenvalue weighted by atomic mass is 35.5. The summed E-state index contributed by atoms with van der Waals surface area (Å²) in [6.07, 6.45) is -0.00504. The van der Waals surface area contributed by atoms with Crippen LogP contribution in [-0.2, 0) is 21.8 Å². The Morgan fingerprint density at radius 3 is 2.87 bits per heavy atom. The van der Waals surface area contributed by atoms with E-state index in [0.29, 0.717) is 16.7 Å². The Bertz CT molecular complexity index is 939. The van der Waals surface area contributed by atoms with E-state index >= 15 is 0 Å². The van der Waals surface area contributed by atoms with Crippen LogP contribution < -0.4 is 0 Å². The number of para-hydroxylation sites is 2. The zero-order chi connectivity index (χ0) is 15.6. The van der Waals surface area contributed by atoms with Crippen LogP contribution in [0.15, 0.2) is 42.5 Å². The summed E-state index contributed by atoms with van der Waals surface area (Å²) in [5, 5.41) is 0.980. The predicted octanol–water partition coefficient (Wildman–Crippen LogP) is 3.97. The van der Waals surface area contributed by atoms with E-state index in [1.165, 1.54) is 0 Å². The zero-order valence-electron chi connectivity index (χ0n) is 12.0. The lowest BCUT2D eigenvalue weighted by molar-refractivity contribution is -0.162. The molecule has 2 aliphatic heterocycles. The molecular formula is C17H12Cl2N2O2. The molecule has 1 fully saturated rings. The van der Waals surface area contributed by atoms with Crippen LogP contribution in [0.2, 0.25) is 10.0 Å². The fourth-order valence-electron chi connectivity index (χ4n) is 3.42. The van der Waals surface area contributed by atoms with Gasteiger partial charge in [0.1, 0.15) is 6.10 Å². The Morgan fingerprint density at radius 1 is 1.13 bits per heavy atom. The lowest BCUT2D eigenvalue weighted by Gasteiger charge is -2.32. The molecule has 4 nitrogen and oxygen atoms in total. The molecule has 2 bridgehead atoms. The molecule has 3 heterocycles. The molecular weight excluding hydrogens is 335 g/mol. The first-order valence-corrected chi connectivity index (χ1v) is 8.16. The van der Waals surface area contributed by atoms with Gasteiger partial charge in [-0.3, -0.25) is 0 Å². The molecule has 2 atom stereocenters. The van der Waals surface area contributed by atoms with Crippen molar-refractivity contribution in [3.05, 3.63) is 63.9 Å². The highest BCUT2D eigenvalue weighted by Crippen LogP contribution is 2.45. The van der Waals surface area contributed by atoms with Gasteiger partial charge in [-0.2, -0.15) is 0 Å². The van der Waals surface area contributed by atoms with Gasteiger partial charge >= 0.3 is 0 Å². The first kappa shape index (κ1) is 13.8. The Labute approximate surface area is 142 Å². The number of hydrogen-bond acceptors (Lipinski definition) is 3. The standard InChI is InChI=1S/C17H12Cl2N2O2/c18-12-6-5-10(7-13(12)19)17-16-20-14-3-1-2-4-15(14)21(16)8-11(23-17)9-22-17/h1-7,11H,8-9H2. The minimum atomic E-state index is -1.02. The van der Waals surface area contributed by atoms with Gasteiger partial charge in [0.15, 0.2) is 5.82 Å². The third-order valence-corrected chi connectivity index (χ3v) is 5.18. The van der Waals surface area contributed by atoms with E-state index in [9.17, 15) is 0 Å². The first-order chi connectivity index (χ1) is 11.2. The summed E-state index contributed by atoms with van der Waals surface area (Å²) in [5.41, 5.74) is 2.83. The van der Waals surface area contributed by atoms with Crippen molar-refractivity contribution in [3.8, 4) is 0 Å². The molecule has 0 amide bonds. The second-order valence-electron chi connectivity index (χ2n) is 5.83. The van der Waals surface area contributed by atoms with E-state index in [-0.39, 0.29) is 6.10 Å². The zero-order valence-corrected chi connectivity index (χ0v) is 13.5. The summed E-state index contributed by atoms with van der Waals surface area (Å²) in [7, 11) is 0. The summed E-state index contributed by atoms with van der Waals surface area (Å²) in [5.74, 6) is -0.262. The van der Waals surface area contributed by atoms with E-state index < -0.39 is 5.79 Å². The van der Waals surface area contributed by atoms with Gasteiger partial charge < -0.3 is 14.0 Å². The molecule has 0 saturated carbocycles. The smallest absolute Gasteiger partial charge is 0.256 e. The number of halogens is 2. The van der Waals surface area contributed by atoms with Gasteiger partial charge in [0.25, 0.3) is 5.79 Å². The summed E-state index contributed by atoms with van der Waals surface area (Å²) < 4.78 is 14.5. The Kier molecular flexibility index (Phi) is 2.83. The average molecular weight is 347 g/mol. The van der Waals surface area contributed by atoms with Crippen LogP contribution in [-0.4, -0.2) is 22.3 Å². The molecule has 1 aromatic heterocycles. The molecule has 23 heavy (non-hydrogen) atoms.